The molecule has 0 saturated carbocycles. The predicted octanol–water partition coefficient (Wildman–Crippen LogP) is 1.74. The molecule has 1 fully saturated rings. The highest BCUT2D eigenvalue weighted by Crippen LogP contribution is 2.26. The zero-order valence-corrected chi connectivity index (χ0v) is 12.6. The molecule has 0 aromatic heterocycles. The number of hydrogen-bond donors (Lipinski definition) is 2. The number of amides is 1. The second kappa shape index (κ2) is 8.09. The first-order valence-corrected chi connectivity index (χ1v) is 6.57. The molecule has 0 radical (unpaired) electrons. The summed E-state index contributed by atoms with van der Waals surface area (Å²) in [6.07, 6.45) is -0.440. The molecular weight excluding hydrogens is 280 g/mol. The zero-order valence-electron chi connectivity index (χ0n) is 11.8. The third kappa shape index (κ3) is 4.37. The van der Waals surface area contributed by atoms with Crippen molar-refractivity contribution in [2.24, 2.45) is 0 Å². The van der Waals surface area contributed by atoms with E-state index in [0.717, 1.165) is 12.1 Å². The topological polar surface area (TPSA) is 59.6 Å². The lowest BCUT2D eigenvalue weighted by molar-refractivity contribution is -0.128. The summed E-state index contributed by atoms with van der Waals surface area (Å²) in [5.41, 5.74) is 1.78. The van der Waals surface area contributed by atoms with Crippen molar-refractivity contribution in [2.75, 3.05) is 31.6 Å². The van der Waals surface area contributed by atoms with Crippen LogP contribution in [0.15, 0.2) is 18.2 Å². The van der Waals surface area contributed by atoms with Gasteiger partial charge in [-0.15, -0.1) is 12.4 Å². The molecule has 0 aliphatic carbocycles. The molecule has 0 bridgehead atoms. The number of hydrogen-bond acceptors (Lipinski definition) is 4. The van der Waals surface area contributed by atoms with E-state index < -0.39 is 6.10 Å². The van der Waals surface area contributed by atoms with Gasteiger partial charge in [-0.25, -0.2) is 0 Å². The summed E-state index contributed by atoms with van der Waals surface area (Å²) in [7, 11) is 0. The van der Waals surface area contributed by atoms with Crippen LogP contribution in [0, 0.1) is 6.92 Å². The number of benzene rings is 1. The van der Waals surface area contributed by atoms with Crippen LogP contribution < -0.4 is 15.4 Å². The van der Waals surface area contributed by atoms with Crippen molar-refractivity contribution in [3.8, 4) is 5.75 Å². The third-order valence-electron chi connectivity index (χ3n) is 2.91. The number of ether oxygens (including phenoxy) is 2. The smallest absolute Gasteiger partial charge is 0.254 e. The van der Waals surface area contributed by atoms with E-state index in [4.69, 9.17) is 9.47 Å². The van der Waals surface area contributed by atoms with Crippen LogP contribution in [0.2, 0.25) is 0 Å². The number of nitrogens with one attached hydrogen (secondary N) is 2. The Morgan fingerprint density at radius 3 is 3.00 bits per heavy atom. The van der Waals surface area contributed by atoms with Crippen LogP contribution in [0.4, 0.5) is 5.69 Å². The maximum Gasteiger partial charge on any atom is 0.254 e. The summed E-state index contributed by atoms with van der Waals surface area (Å²) in [4.78, 5) is 12.1. The first-order chi connectivity index (χ1) is 9.20. The Balaban J connectivity index is 0.00000200. The molecule has 1 amide bonds. The molecule has 2 N–H and O–H groups in total. The number of aryl methyl sites for hydroxylation is 1. The second-order valence-corrected chi connectivity index (χ2v) is 4.49. The van der Waals surface area contributed by atoms with Gasteiger partial charge in [0.05, 0.1) is 18.9 Å². The molecule has 1 aromatic carbocycles. The van der Waals surface area contributed by atoms with Crippen molar-refractivity contribution in [3.63, 3.8) is 0 Å². The fraction of sp³-hybridized carbons (Fsp3) is 0.500. The largest absolute Gasteiger partial charge is 0.492 e. The zero-order chi connectivity index (χ0) is 13.7. The normalized spacial score (nSPS) is 18.0. The van der Waals surface area contributed by atoms with Crippen LogP contribution in [-0.4, -0.2) is 38.3 Å². The van der Waals surface area contributed by atoms with Crippen LogP contribution in [0.3, 0.4) is 0 Å². The molecule has 0 spiro atoms. The molecule has 1 aromatic rings. The molecular formula is C14H21ClN2O3. The Bertz CT molecular complexity index is 448. The SMILES string of the molecule is CCOc1cc(C)ccc1NC(=O)C1CNCCO1.Cl. The van der Waals surface area contributed by atoms with Gasteiger partial charge in [-0.1, -0.05) is 6.07 Å². The van der Waals surface area contributed by atoms with Gasteiger partial charge >= 0.3 is 0 Å². The van der Waals surface area contributed by atoms with Crippen LogP contribution in [0.1, 0.15) is 12.5 Å². The van der Waals surface area contributed by atoms with Crippen molar-refractivity contribution in [2.45, 2.75) is 20.0 Å². The van der Waals surface area contributed by atoms with Crippen molar-refractivity contribution >= 4 is 24.0 Å². The number of carbonyl (C=O) groups is 1. The van der Waals surface area contributed by atoms with E-state index in [-0.39, 0.29) is 18.3 Å². The molecule has 1 atom stereocenters. The van der Waals surface area contributed by atoms with E-state index >= 15 is 0 Å². The highest BCUT2D eigenvalue weighted by atomic mass is 35.5. The predicted molar refractivity (Wildman–Crippen MR) is 80.8 cm³/mol. The van der Waals surface area contributed by atoms with Gasteiger partial charge in [0.25, 0.3) is 5.91 Å². The van der Waals surface area contributed by atoms with Crippen molar-refractivity contribution in [1.82, 2.24) is 5.32 Å². The number of carbonyl (C=O) groups excluding carboxylic acids is 1. The van der Waals surface area contributed by atoms with Crippen molar-refractivity contribution in [1.29, 1.82) is 0 Å². The van der Waals surface area contributed by atoms with Crippen molar-refractivity contribution < 1.29 is 14.3 Å². The number of anilines is 1. The van der Waals surface area contributed by atoms with Crippen molar-refractivity contribution in [3.05, 3.63) is 23.8 Å². The summed E-state index contributed by atoms with van der Waals surface area (Å²) >= 11 is 0. The van der Waals surface area contributed by atoms with E-state index in [1.54, 1.807) is 0 Å². The summed E-state index contributed by atoms with van der Waals surface area (Å²) in [6, 6.07) is 5.71. The Labute approximate surface area is 125 Å². The Kier molecular flexibility index (Phi) is 6.78. The van der Waals surface area contributed by atoms with Crippen LogP contribution in [0.25, 0.3) is 0 Å². The van der Waals surface area contributed by atoms with Gasteiger partial charge in [0.1, 0.15) is 11.9 Å². The molecule has 1 unspecified atom stereocenters. The molecule has 1 heterocycles. The molecule has 20 heavy (non-hydrogen) atoms. The number of morpholine rings is 1. The summed E-state index contributed by atoms with van der Waals surface area (Å²) in [5.74, 6) is 0.552. The van der Waals surface area contributed by atoms with Crippen LogP contribution in [-0.2, 0) is 9.53 Å². The quantitative estimate of drug-likeness (QED) is 0.889. The molecule has 1 aliphatic rings. The van der Waals surface area contributed by atoms with Crippen LogP contribution in [0.5, 0.6) is 5.75 Å². The van der Waals surface area contributed by atoms with E-state index in [0.29, 0.717) is 31.2 Å². The molecule has 5 nitrogen and oxygen atoms in total. The average molecular weight is 301 g/mol. The maximum atomic E-state index is 12.1. The lowest BCUT2D eigenvalue weighted by atomic mass is 10.2. The van der Waals surface area contributed by atoms with Crippen LogP contribution >= 0.6 is 12.4 Å². The van der Waals surface area contributed by atoms with Gasteiger partial charge in [0.2, 0.25) is 0 Å². The minimum Gasteiger partial charge on any atom is -0.492 e. The molecule has 1 aliphatic heterocycles. The van der Waals surface area contributed by atoms with Gasteiger partial charge in [0, 0.05) is 13.1 Å². The molecule has 1 saturated heterocycles. The average Bonchev–Trinajstić information content (AvgIpc) is 2.43. The first kappa shape index (κ1) is 16.8. The highest BCUT2D eigenvalue weighted by molar-refractivity contribution is 5.95. The van der Waals surface area contributed by atoms with E-state index in [1.807, 2.05) is 32.0 Å². The minimum atomic E-state index is -0.440. The first-order valence-electron chi connectivity index (χ1n) is 6.57. The summed E-state index contributed by atoms with van der Waals surface area (Å²) in [6.45, 7) is 6.36. The Morgan fingerprint density at radius 2 is 2.35 bits per heavy atom. The number of halogens is 1. The van der Waals surface area contributed by atoms with E-state index in [9.17, 15) is 4.79 Å². The lowest BCUT2D eigenvalue weighted by Gasteiger charge is -2.23. The molecule has 112 valence electrons. The van der Waals surface area contributed by atoms with E-state index in [2.05, 4.69) is 10.6 Å². The van der Waals surface area contributed by atoms with E-state index in [1.165, 1.54) is 0 Å². The third-order valence-corrected chi connectivity index (χ3v) is 2.91. The summed E-state index contributed by atoms with van der Waals surface area (Å²) in [5, 5.41) is 6.00. The monoisotopic (exact) mass is 300 g/mol. The highest BCUT2D eigenvalue weighted by Gasteiger charge is 2.22. The Morgan fingerprint density at radius 1 is 1.55 bits per heavy atom. The fourth-order valence-corrected chi connectivity index (χ4v) is 1.95. The van der Waals surface area contributed by atoms with Gasteiger partial charge in [0.15, 0.2) is 0 Å². The van der Waals surface area contributed by atoms with Gasteiger partial charge < -0.3 is 20.1 Å². The Hall–Kier alpha value is -1.30. The standard InChI is InChI=1S/C14H20N2O3.ClH/c1-3-18-12-8-10(2)4-5-11(12)16-14(17)13-9-15-6-7-19-13;/h4-5,8,13,15H,3,6-7,9H2,1-2H3,(H,16,17);1H. The molecule has 2 rings (SSSR count). The maximum absolute atomic E-state index is 12.1. The summed E-state index contributed by atoms with van der Waals surface area (Å²) < 4.78 is 11.0. The van der Waals surface area contributed by atoms with Gasteiger partial charge in [-0.05, 0) is 31.5 Å². The fourth-order valence-electron chi connectivity index (χ4n) is 1.95. The second-order valence-electron chi connectivity index (χ2n) is 4.49. The lowest BCUT2D eigenvalue weighted by Crippen LogP contribution is -2.45. The van der Waals surface area contributed by atoms with Gasteiger partial charge in [-0.3, -0.25) is 4.79 Å². The number of rotatable bonds is 4. The molecule has 6 heteroatoms. The van der Waals surface area contributed by atoms with Gasteiger partial charge in [-0.2, -0.15) is 0 Å². The minimum absolute atomic E-state index is 0.